The Hall–Kier alpha value is -10.6. The number of aliphatic hydroxyl groups is 2. The molecule has 0 radical (unpaired) electrons. The number of primary amides is 2. The number of hydrogen-bond acceptors (Lipinski definition) is 24. The number of para-hydroxylation sites is 1. The second-order valence-corrected chi connectivity index (χ2v) is 26.5. The molecule has 0 bridgehead atoms. The summed E-state index contributed by atoms with van der Waals surface area (Å²) in [6.07, 6.45) is -6.73. The fourth-order valence-electron chi connectivity index (χ4n) is 10.6. The number of benzene rings is 1. The first-order chi connectivity index (χ1) is 51.4. The van der Waals surface area contributed by atoms with Crippen LogP contribution in [0.25, 0.3) is 10.9 Å². The maximum Gasteiger partial charge on any atom is 0.326 e. The van der Waals surface area contributed by atoms with Gasteiger partial charge in [0.25, 0.3) is 0 Å². The minimum atomic E-state index is -2.00. The highest BCUT2D eigenvalue weighted by atomic mass is 32.2. The number of H-pyrrole nitrogens is 1. The number of carboxylic acids is 4. The number of aromatic nitrogens is 1. The van der Waals surface area contributed by atoms with Crippen LogP contribution < -0.4 is 92.5 Å². The van der Waals surface area contributed by atoms with E-state index in [0.717, 1.165) is 25.6 Å². The zero-order valence-corrected chi connectivity index (χ0v) is 61.7. The van der Waals surface area contributed by atoms with Gasteiger partial charge in [0.05, 0.1) is 18.8 Å². The van der Waals surface area contributed by atoms with Crippen molar-refractivity contribution in [3.8, 4) is 0 Å². The fraction of sp³-hybridized carbons (Fsp3) is 0.606. The Kier molecular flexibility index (Phi) is 42.8. The number of aliphatic hydroxyl groups excluding tert-OH is 2. The third-order valence-corrected chi connectivity index (χ3v) is 17.3. The molecule has 1 aromatic carbocycles. The standard InChI is InChI=1S/C66H104N18O24S/c1-32(55(96)81-45(66(107)108)16-21-48(71)88)73-56(97)38(13-7-9-26-67)79-64(105)53(33(2)85)84-62(103)43(19-24-52(94)95)77-59(100)42(18-23-51(92)93)76-60(101)44(25-28-109-4)78-58(99)41(15-20-47(70)87)80-65(106)54(34(3)86)83-61(102)39(14-8-10-27-68)75-63(104)46(29-35-31-72-37-12-6-5-11-36(35)37)82-57(98)40(17-22-50(90)91)74-49(89)30-69/h5-6,11-12,31-34,38-46,53-54,72,85-86H,7-10,13-30,67-69H2,1-4H3,(H2,70,87)(H2,71,88)(H,73,97)(H,74,89)(H,75,104)(H,76,101)(H,77,100)(H,78,99)(H,79,105)(H,80,106)(H,81,96)(H,82,98)(H,83,102)(H,84,103)(H,90,91)(H,92,93)(H,94,95)(H,107,108)/t32-,33+,34+,38-,39-,40-,41-,42-,43-,44-,45-,46-,53-,54-/m0/s1. The number of thioether (sulfide) groups is 1. The van der Waals surface area contributed by atoms with E-state index in [1.54, 1.807) is 36.7 Å². The van der Waals surface area contributed by atoms with Crippen molar-refractivity contribution in [3.05, 3.63) is 36.0 Å². The molecular weight excluding hydrogens is 1460 g/mol. The van der Waals surface area contributed by atoms with E-state index in [0.29, 0.717) is 29.3 Å². The lowest BCUT2D eigenvalue weighted by Gasteiger charge is -2.29. The van der Waals surface area contributed by atoms with E-state index < -0.39 is 262 Å². The van der Waals surface area contributed by atoms with Crippen LogP contribution in [0.3, 0.4) is 0 Å². The van der Waals surface area contributed by atoms with E-state index in [2.05, 4.69) is 68.8 Å². The summed E-state index contributed by atoms with van der Waals surface area (Å²) in [5.74, 6) is -21.3. The quantitative estimate of drug-likeness (QED) is 0.0274. The van der Waals surface area contributed by atoms with Gasteiger partial charge in [0, 0.05) is 55.6 Å². The van der Waals surface area contributed by atoms with Crippen LogP contribution in [0.4, 0.5) is 0 Å². The molecule has 608 valence electrons. The molecule has 1 heterocycles. The first kappa shape index (κ1) is 94.5. The number of aromatic amines is 1. The summed E-state index contributed by atoms with van der Waals surface area (Å²) in [6, 6.07) is -13.8. The third kappa shape index (κ3) is 35.3. The zero-order valence-electron chi connectivity index (χ0n) is 60.9. The lowest BCUT2D eigenvalue weighted by molar-refractivity contribution is -0.142. The number of rotatable bonds is 55. The van der Waals surface area contributed by atoms with Crippen molar-refractivity contribution >= 4 is 129 Å². The highest BCUT2D eigenvalue weighted by molar-refractivity contribution is 7.98. The number of fused-ring (bicyclic) bond motifs is 1. The number of carbonyl (C=O) groups is 18. The lowest BCUT2D eigenvalue weighted by atomic mass is 10.0. The first-order valence-electron chi connectivity index (χ1n) is 35.0. The average molecular weight is 1570 g/mol. The van der Waals surface area contributed by atoms with Gasteiger partial charge in [-0.2, -0.15) is 11.8 Å². The Labute approximate surface area is 630 Å². The number of nitrogens with two attached hydrogens (primary N) is 5. The lowest BCUT2D eigenvalue weighted by Crippen LogP contribution is -2.62. The highest BCUT2D eigenvalue weighted by Gasteiger charge is 2.39. The normalized spacial score (nSPS) is 14.9. The number of carbonyl (C=O) groups excluding carboxylic acids is 14. The number of hydrogen-bond donors (Lipinski definition) is 24. The van der Waals surface area contributed by atoms with Crippen LogP contribution in [0.2, 0.25) is 0 Å². The van der Waals surface area contributed by atoms with Crippen molar-refractivity contribution in [2.75, 3.05) is 31.6 Å². The van der Waals surface area contributed by atoms with E-state index in [9.17, 15) is 117 Å². The second-order valence-electron chi connectivity index (χ2n) is 25.6. The number of unbranched alkanes of at least 4 members (excludes halogenated alkanes) is 2. The highest BCUT2D eigenvalue weighted by Crippen LogP contribution is 2.20. The molecule has 2 aromatic rings. The molecule has 0 unspecified atom stereocenters. The first-order valence-corrected chi connectivity index (χ1v) is 36.4. The molecule has 14 amide bonds. The van der Waals surface area contributed by atoms with E-state index in [1.165, 1.54) is 6.92 Å². The van der Waals surface area contributed by atoms with Crippen LogP contribution in [0, 0.1) is 0 Å². The van der Waals surface area contributed by atoms with Crippen LogP contribution in [0.15, 0.2) is 30.5 Å². The molecule has 0 fully saturated rings. The van der Waals surface area contributed by atoms with Crippen molar-refractivity contribution in [2.24, 2.45) is 28.7 Å². The number of nitrogens with one attached hydrogen (secondary N) is 13. The predicted octanol–water partition coefficient (Wildman–Crippen LogP) is -7.51. The van der Waals surface area contributed by atoms with E-state index in [-0.39, 0.29) is 57.4 Å². The van der Waals surface area contributed by atoms with Crippen molar-refractivity contribution in [2.45, 2.75) is 221 Å². The third-order valence-electron chi connectivity index (χ3n) is 16.7. The molecular formula is C66H104N18O24S. The topological polar surface area (TPSA) is 719 Å². The largest absolute Gasteiger partial charge is 0.481 e. The zero-order chi connectivity index (χ0) is 82.2. The summed E-state index contributed by atoms with van der Waals surface area (Å²) in [5.41, 5.74) is 28.6. The molecule has 0 aliphatic heterocycles. The van der Waals surface area contributed by atoms with Crippen molar-refractivity contribution < 1.29 is 117 Å². The Balaban J connectivity index is 2.54. The Bertz CT molecular complexity index is 3490. The van der Waals surface area contributed by atoms with Crippen LogP contribution >= 0.6 is 11.8 Å². The summed E-state index contributed by atoms with van der Waals surface area (Å²) in [4.78, 5) is 241. The van der Waals surface area contributed by atoms with Crippen LogP contribution in [-0.2, 0) is 92.7 Å². The van der Waals surface area contributed by atoms with Gasteiger partial charge in [0.1, 0.15) is 72.5 Å². The van der Waals surface area contributed by atoms with Gasteiger partial charge in [-0.3, -0.25) is 81.5 Å². The molecule has 0 saturated carbocycles. The van der Waals surface area contributed by atoms with E-state index in [4.69, 9.17) is 28.7 Å². The monoisotopic (exact) mass is 1560 g/mol. The maximum atomic E-state index is 14.5. The van der Waals surface area contributed by atoms with Crippen LogP contribution in [0.1, 0.15) is 135 Å². The Morgan fingerprint density at radius 2 is 0.743 bits per heavy atom. The van der Waals surface area contributed by atoms with Gasteiger partial charge in [-0.15, -0.1) is 0 Å². The smallest absolute Gasteiger partial charge is 0.326 e. The van der Waals surface area contributed by atoms with Gasteiger partial charge in [-0.05, 0) is 135 Å². The van der Waals surface area contributed by atoms with E-state index >= 15 is 0 Å². The van der Waals surface area contributed by atoms with Gasteiger partial charge >= 0.3 is 23.9 Å². The minimum absolute atomic E-state index is 0.0683. The van der Waals surface area contributed by atoms with Crippen molar-refractivity contribution in [1.82, 2.24) is 68.8 Å². The molecule has 0 spiro atoms. The fourth-order valence-corrected chi connectivity index (χ4v) is 11.1. The summed E-state index contributed by atoms with van der Waals surface area (Å²) in [6.45, 7) is 2.92. The SMILES string of the molecule is CSCC[C@H](NC(=O)[C@H](CCC(N)=O)NC(=O)[C@@H](NC(=O)[C@H](CCCCN)NC(=O)[C@H](Cc1c[nH]c2ccccc12)NC(=O)[C@H](CCC(=O)O)NC(=O)CN)[C@@H](C)O)C(=O)N[C@@H](CCC(=O)O)C(=O)N[C@@H](CCC(=O)O)C(=O)N[C@H](C(=O)N[C@@H](CCCCN)C(=O)N[C@@H](C)C(=O)N[C@@H](CCC(N)=O)C(=O)O)[C@@H](C)O. The molecule has 0 saturated heterocycles. The Morgan fingerprint density at radius 3 is 1.13 bits per heavy atom. The van der Waals surface area contributed by atoms with Gasteiger partial charge in [-0.25, -0.2) is 4.79 Å². The molecule has 14 atom stereocenters. The molecule has 43 heteroatoms. The van der Waals surface area contributed by atoms with Gasteiger partial charge in [0.2, 0.25) is 82.7 Å². The molecule has 2 rings (SSSR count). The number of amides is 14. The van der Waals surface area contributed by atoms with Crippen LogP contribution in [-0.4, -0.2) is 259 Å². The summed E-state index contributed by atoms with van der Waals surface area (Å²) in [7, 11) is 0. The minimum Gasteiger partial charge on any atom is -0.481 e. The Morgan fingerprint density at radius 1 is 0.404 bits per heavy atom. The molecule has 29 N–H and O–H groups in total. The van der Waals surface area contributed by atoms with Crippen molar-refractivity contribution in [1.29, 1.82) is 0 Å². The molecule has 1 aromatic heterocycles. The molecule has 0 aliphatic carbocycles. The van der Waals surface area contributed by atoms with Gasteiger partial charge in [0.15, 0.2) is 0 Å². The molecule has 109 heavy (non-hydrogen) atoms. The molecule has 42 nitrogen and oxygen atoms in total. The van der Waals surface area contributed by atoms with E-state index in [1.807, 2.05) is 0 Å². The van der Waals surface area contributed by atoms with Gasteiger partial charge < -0.3 is 128 Å². The van der Waals surface area contributed by atoms with Gasteiger partial charge in [-0.1, -0.05) is 18.2 Å². The van der Waals surface area contributed by atoms with Crippen LogP contribution in [0.5, 0.6) is 0 Å². The average Bonchev–Trinajstić information content (AvgIpc) is 1.72. The second kappa shape index (κ2) is 49.3. The van der Waals surface area contributed by atoms with Crippen molar-refractivity contribution in [3.63, 3.8) is 0 Å². The summed E-state index contributed by atoms with van der Waals surface area (Å²) < 4.78 is 0. The maximum absolute atomic E-state index is 14.5. The number of aliphatic carboxylic acids is 4. The molecule has 0 aliphatic rings. The summed E-state index contributed by atoms with van der Waals surface area (Å²) in [5, 5.41) is 89.0. The number of carboxylic acid groups (broad SMARTS) is 4. The predicted molar refractivity (Wildman–Crippen MR) is 387 cm³/mol. The summed E-state index contributed by atoms with van der Waals surface area (Å²) >= 11 is 1.15.